The molecule has 0 aliphatic rings. The summed E-state index contributed by atoms with van der Waals surface area (Å²) in [6.07, 6.45) is 56.1. The van der Waals surface area contributed by atoms with Crippen LogP contribution >= 0.6 is 15.6 Å². The first kappa shape index (κ1) is 91.1. The predicted octanol–water partition coefficient (Wildman–Crippen LogP) is 21.7. The molecule has 552 valence electrons. The Morgan fingerprint density at radius 1 is 0.290 bits per heavy atom. The van der Waals surface area contributed by atoms with Crippen LogP contribution in [-0.2, 0) is 65.4 Å². The van der Waals surface area contributed by atoms with Gasteiger partial charge < -0.3 is 33.8 Å². The van der Waals surface area contributed by atoms with Gasteiger partial charge >= 0.3 is 39.5 Å². The lowest BCUT2D eigenvalue weighted by molar-refractivity contribution is -0.161. The minimum atomic E-state index is -4.95. The third-order valence-electron chi connectivity index (χ3n) is 17.3. The normalized spacial score (nSPS) is 14.0. The number of phosphoric acid groups is 2. The Labute approximate surface area is 568 Å². The average Bonchev–Trinajstić information content (AvgIpc) is 3.60. The molecule has 0 amide bonds. The van der Waals surface area contributed by atoms with Gasteiger partial charge in [-0.3, -0.25) is 37.3 Å². The topological polar surface area (TPSA) is 237 Å². The highest BCUT2D eigenvalue weighted by Gasteiger charge is 2.30. The number of hydrogen-bond donors (Lipinski definition) is 3. The molecule has 0 radical (unpaired) electrons. The maximum Gasteiger partial charge on any atom is 0.472 e. The van der Waals surface area contributed by atoms with Crippen LogP contribution in [0.1, 0.15) is 388 Å². The number of unbranched alkanes of at least 4 members (excludes halogenated alkanes) is 46. The fourth-order valence-corrected chi connectivity index (χ4v) is 12.9. The highest BCUT2D eigenvalue weighted by atomic mass is 31.2. The number of rotatable bonds is 74. The molecule has 0 rings (SSSR count). The van der Waals surface area contributed by atoms with Crippen molar-refractivity contribution in [2.45, 2.75) is 406 Å². The van der Waals surface area contributed by atoms with E-state index < -0.39 is 97.5 Å². The standard InChI is InChI=1S/C74H144O17P2/c1-6-9-12-15-17-19-21-23-25-26-27-28-29-30-31-32-34-36-40-44-49-54-59-73(78)91-70(64-85-72(77)58-53-48-43-39-35-33-24-22-20-18-16-13-10-7-2)66-89-93(82,83)87-62-68(75)61-86-92(80,81)88-65-69(63-84-71(76)57-52-46-14-11-8-3)90-74(79)60-55-50-45-41-37-38-42-47-51-56-67(4)5/h67-70,75H,6-66H2,1-5H3,(H,80,81)(H,82,83)/t68-,69+,70+/m0/s1. The van der Waals surface area contributed by atoms with E-state index in [1.807, 2.05) is 0 Å². The Hall–Kier alpha value is -1.94. The highest BCUT2D eigenvalue weighted by Crippen LogP contribution is 2.45. The molecule has 0 fully saturated rings. The van der Waals surface area contributed by atoms with Gasteiger partial charge in [-0.05, 0) is 31.6 Å². The average molecular weight is 1370 g/mol. The monoisotopic (exact) mass is 1370 g/mol. The fraction of sp³-hybridized carbons (Fsp3) is 0.946. The second-order valence-corrected chi connectivity index (χ2v) is 30.1. The molecule has 0 aromatic heterocycles. The number of hydrogen-bond acceptors (Lipinski definition) is 15. The van der Waals surface area contributed by atoms with Crippen LogP contribution in [0.25, 0.3) is 0 Å². The minimum Gasteiger partial charge on any atom is -0.462 e. The molecule has 0 saturated carbocycles. The lowest BCUT2D eigenvalue weighted by Gasteiger charge is -2.21. The van der Waals surface area contributed by atoms with Gasteiger partial charge in [-0.25, -0.2) is 9.13 Å². The van der Waals surface area contributed by atoms with Crippen molar-refractivity contribution in [2.24, 2.45) is 5.92 Å². The Morgan fingerprint density at radius 3 is 0.731 bits per heavy atom. The van der Waals surface area contributed by atoms with E-state index >= 15 is 0 Å². The zero-order valence-electron chi connectivity index (χ0n) is 60.4. The molecule has 0 spiro atoms. The Balaban J connectivity index is 5.10. The van der Waals surface area contributed by atoms with Crippen LogP contribution in [0.2, 0.25) is 0 Å². The summed E-state index contributed by atoms with van der Waals surface area (Å²) in [6, 6.07) is 0. The van der Waals surface area contributed by atoms with Crippen molar-refractivity contribution in [3.8, 4) is 0 Å². The Kier molecular flexibility index (Phi) is 65.9. The van der Waals surface area contributed by atoms with Crippen molar-refractivity contribution in [3.63, 3.8) is 0 Å². The van der Waals surface area contributed by atoms with E-state index in [4.69, 9.17) is 37.0 Å². The molecule has 0 heterocycles. The summed E-state index contributed by atoms with van der Waals surface area (Å²) in [7, 11) is -9.89. The molecule has 0 aliphatic carbocycles. The summed E-state index contributed by atoms with van der Waals surface area (Å²) in [5.41, 5.74) is 0. The van der Waals surface area contributed by atoms with Crippen molar-refractivity contribution in [2.75, 3.05) is 39.6 Å². The van der Waals surface area contributed by atoms with Gasteiger partial charge in [0.15, 0.2) is 12.2 Å². The van der Waals surface area contributed by atoms with Gasteiger partial charge in [0.25, 0.3) is 0 Å². The van der Waals surface area contributed by atoms with Gasteiger partial charge in [-0.15, -0.1) is 0 Å². The summed E-state index contributed by atoms with van der Waals surface area (Å²) < 4.78 is 68.2. The van der Waals surface area contributed by atoms with Crippen LogP contribution in [0.4, 0.5) is 0 Å². The van der Waals surface area contributed by atoms with Crippen molar-refractivity contribution in [1.29, 1.82) is 0 Å². The molecule has 93 heavy (non-hydrogen) atoms. The number of aliphatic hydroxyl groups is 1. The molecular weight excluding hydrogens is 1220 g/mol. The van der Waals surface area contributed by atoms with Gasteiger partial charge in [-0.2, -0.15) is 0 Å². The second kappa shape index (κ2) is 67.3. The third kappa shape index (κ3) is 68.4. The summed E-state index contributed by atoms with van der Waals surface area (Å²) in [4.78, 5) is 72.4. The first-order valence-corrected chi connectivity index (χ1v) is 41.6. The van der Waals surface area contributed by atoms with Crippen molar-refractivity contribution in [3.05, 3.63) is 0 Å². The van der Waals surface area contributed by atoms with Crippen LogP contribution in [0.3, 0.4) is 0 Å². The summed E-state index contributed by atoms with van der Waals surface area (Å²) >= 11 is 0. The lowest BCUT2D eigenvalue weighted by Crippen LogP contribution is -2.30. The first-order valence-electron chi connectivity index (χ1n) is 38.6. The van der Waals surface area contributed by atoms with Gasteiger partial charge in [0.05, 0.1) is 26.4 Å². The minimum absolute atomic E-state index is 0.105. The van der Waals surface area contributed by atoms with E-state index in [2.05, 4.69) is 34.6 Å². The molecule has 3 N–H and O–H groups in total. The maximum atomic E-state index is 13.1. The number of ether oxygens (including phenoxy) is 4. The Morgan fingerprint density at radius 2 is 0.495 bits per heavy atom. The molecule has 0 aromatic rings. The van der Waals surface area contributed by atoms with Crippen molar-refractivity contribution >= 4 is 39.5 Å². The smallest absolute Gasteiger partial charge is 0.462 e. The SMILES string of the molecule is CCCCCCCCCCCCCCCCCCCCCCCCC(=O)O[C@H](COC(=O)CCCCCCCCCCCCCCCC)COP(=O)(O)OC[C@@H](O)COP(=O)(O)OC[C@@H](COC(=O)CCCCCCC)OC(=O)CCCCCCCCCCCC(C)C. The van der Waals surface area contributed by atoms with E-state index in [0.717, 1.165) is 102 Å². The summed E-state index contributed by atoms with van der Waals surface area (Å²) in [5.74, 6) is -1.39. The number of carbonyl (C=O) groups excluding carboxylic acids is 4. The highest BCUT2D eigenvalue weighted by molar-refractivity contribution is 7.47. The summed E-state index contributed by atoms with van der Waals surface area (Å²) in [6.45, 7) is 7.16. The van der Waals surface area contributed by atoms with E-state index in [-0.39, 0.29) is 25.7 Å². The third-order valence-corrected chi connectivity index (χ3v) is 19.2. The Bertz CT molecular complexity index is 1790. The first-order chi connectivity index (χ1) is 45.0. The van der Waals surface area contributed by atoms with Crippen molar-refractivity contribution in [1.82, 2.24) is 0 Å². The molecule has 0 saturated heterocycles. The van der Waals surface area contributed by atoms with Crippen LogP contribution in [0.15, 0.2) is 0 Å². The van der Waals surface area contributed by atoms with Crippen molar-refractivity contribution < 1.29 is 80.2 Å². The van der Waals surface area contributed by atoms with Gasteiger partial charge in [0.2, 0.25) is 0 Å². The molecule has 17 nitrogen and oxygen atoms in total. The largest absolute Gasteiger partial charge is 0.472 e. The van der Waals surface area contributed by atoms with Crippen LogP contribution in [0, 0.1) is 5.92 Å². The van der Waals surface area contributed by atoms with Gasteiger partial charge in [0.1, 0.15) is 19.3 Å². The zero-order chi connectivity index (χ0) is 68.4. The van der Waals surface area contributed by atoms with E-state index in [1.54, 1.807) is 0 Å². The predicted molar refractivity (Wildman–Crippen MR) is 377 cm³/mol. The number of carbonyl (C=O) groups is 4. The molecule has 2 unspecified atom stereocenters. The molecule has 5 atom stereocenters. The lowest BCUT2D eigenvalue weighted by atomic mass is 10.0. The molecule has 0 aliphatic heterocycles. The number of esters is 4. The van der Waals surface area contributed by atoms with E-state index in [9.17, 15) is 43.2 Å². The van der Waals surface area contributed by atoms with E-state index in [0.29, 0.717) is 25.7 Å². The van der Waals surface area contributed by atoms with Crippen LogP contribution < -0.4 is 0 Å². The second-order valence-electron chi connectivity index (χ2n) is 27.2. The fourth-order valence-electron chi connectivity index (χ4n) is 11.4. The number of aliphatic hydroxyl groups excluding tert-OH is 1. The van der Waals surface area contributed by atoms with Gasteiger partial charge in [-0.1, -0.05) is 336 Å². The molecular formula is C74H144O17P2. The zero-order valence-corrected chi connectivity index (χ0v) is 62.2. The molecule has 0 aromatic carbocycles. The summed E-state index contributed by atoms with van der Waals surface area (Å²) in [5, 5.41) is 10.6. The molecule has 0 bridgehead atoms. The number of phosphoric ester groups is 2. The van der Waals surface area contributed by atoms with Gasteiger partial charge in [0, 0.05) is 25.7 Å². The van der Waals surface area contributed by atoms with Crippen LogP contribution in [0.5, 0.6) is 0 Å². The maximum absolute atomic E-state index is 13.1. The molecule has 19 heteroatoms. The van der Waals surface area contributed by atoms with Crippen LogP contribution in [-0.4, -0.2) is 96.7 Å². The van der Waals surface area contributed by atoms with E-state index in [1.165, 1.54) is 205 Å². The quantitative estimate of drug-likeness (QED) is 0.0222.